The second-order valence-corrected chi connectivity index (χ2v) is 3.38. The van der Waals surface area contributed by atoms with Crippen molar-refractivity contribution in [1.82, 2.24) is 0 Å². The fourth-order valence-electron chi connectivity index (χ4n) is 1.53. The van der Waals surface area contributed by atoms with Crippen LogP contribution in [0, 0.1) is 0 Å². The summed E-state index contributed by atoms with van der Waals surface area (Å²) in [5.41, 5.74) is 5.69. The molecule has 86 valence electrons. The third kappa shape index (κ3) is 1.74. The number of carboxylic acids is 1. The van der Waals surface area contributed by atoms with E-state index in [0.29, 0.717) is 24.7 Å². The summed E-state index contributed by atoms with van der Waals surface area (Å²) in [5, 5.41) is 18.2. The van der Waals surface area contributed by atoms with Gasteiger partial charge in [0.2, 0.25) is 0 Å². The first-order chi connectivity index (χ1) is 7.59. The van der Waals surface area contributed by atoms with Gasteiger partial charge in [-0.25, -0.2) is 0 Å². The molecule has 1 heterocycles. The van der Waals surface area contributed by atoms with Crippen molar-refractivity contribution in [2.75, 3.05) is 13.2 Å². The van der Waals surface area contributed by atoms with Gasteiger partial charge in [-0.2, -0.15) is 0 Å². The van der Waals surface area contributed by atoms with Crippen molar-refractivity contribution in [1.29, 1.82) is 0 Å². The molecule has 0 radical (unpaired) electrons. The highest BCUT2D eigenvalue weighted by Gasteiger charge is 2.25. The van der Waals surface area contributed by atoms with Crippen LogP contribution in [0.25, 0.3) is 0 Å². The Balaban J connectivity index is 2.51. The first-order valence-corrected chi connectivity index (χ1v) is 4.70. The van der Waals surface area contributed by atoms with Gasteiger partial charge in [0.15, 0.2) is 11.5 Å². The van der Waals surface area contributed by atoms with E-state index in [4.69, 9.17) is 20.3 Å². The van der Waals surface area contributed by atoms with Crippen molar-refractivity contribution in [3.8, 4) is 17.2 Å². The number of phenols is 1. The maximum Gasteiger partial charge on any atom is 0.325 e. The molecular formula is C10H11NO5. The quantitative estimate of drug-likeness (QED) is 0.666. The Bertz CT molecular complexity index is 431. The Labute approximate surface area is 91.2 Å². The number of hydrogen-bond acceptors (Lipinski definition) is 5. The van der Waals surface area contributed by atoms with Crippen molar-refractivity contribution in [2.45, 2.75) is 6.04 Å². The van der Waals surface area contributed by atoms with E-state index in [-0.39, 0.29) is 11.3 Å². The lowest BCUT2D eigenvalue weighted by Gasteiger charge is -2.22. The van der Waals surface area contributed by atoms with Gasteiger partial charge in [0, 0.05) is 11.6 Å². The van der Waals surface area contributed by atoms with Gasteiger partial charge in [0.25, 0.3) is 0 Å². The van der Waals surface area contributed by atoms with Gasteiger partial charge < -0.3 is 25.4 Å². The lowest BCUT2D eigenvalue weighted by atomic mass is 10.1. The van der Waals surface area contributed by atoms with Crippen molar-refractivity contribution < 1.29 is 24.5 Å². The molecule has 6 nitrogen and oxygen atoms in total. The second kappa shape index (κ2) is 3.90. The first kappa shape index (κ1) is 10.6. The molecule has 16 heavy (non-hydrogen) atoms. The number of carboxylic acid groups (broad SMARTS) is 1. The molecule has 0 aromatic heterocycles. The monoisotopic (exact) mass is 225 g/mol. The smallest absolute Gasteiger partial charge is 0.325 e. The standard InChI is InChI=1S/C10H11NO5/c11-8(10(13)14)6-3-5(12)4-7-9(6)16-2-1-15-7/h3-4,8,12H,1-2,11H2,(H,13,14). The van der Waals surface area contributed by atoms with Crippen LogP contribution in [-0.2, 0) is 4.79 Å². The third-order valence-electron chi connectivity index (χ3n) is 2.26. The topological polar surface area (TPSA) is 102 Å². The van der Waals surface area contributed by atoms with E-state index in [0.717, 1.165) is 0 Å². The minimum atomic E-state index is -1.25. The predicted molar refractivity (Wildman–Crippen MR) is 53.7 cm³/mol. The minimum Gasteiger partial charge on any atom is -0.508 e. The predicted octanol–water partition coefficient (Wildman–Crippen LogP) is 0.248. The number of ether oxygens (including phenoxy) is 2. The van der Waals surface area contributed by atoms with E-state index < -0.39 is 12.0 Å². The van der Waals surface area contributed by atoms with Crippen molar-refractivity contribution in [3.63, 3.8) is 0 Å². The lowest BCUT2D eigenvalue weighted by molar-refractivity contribution is -0.138. The summed E-state index contributed by atoms with van der Waals surface area (Å²) in [5.74, 6) is -0.685. The number of benzene rings is 1. The number of fused-ring (bicyclic) bond motifs is 1. The normalized spacial score (nSPS) is 15.6. The zero-order valence-electron chi connectivity index (χ0n) is 8.34. The largest absolute Gasteiger partial charge is 0.508 e. The van der Waals surface area contributed by atoms with Crippen molar-refractivity contribution >= 4 is 5.97 Å². The molecule has 1 aromatic rings. The van der Waals surface area contributed by atoms with Gasteiger partial charge >= 0.3 is 5.97 Å². The zero-order chi connectivity index (χ0) is 11.7. The zero-order valence-corrected chi connectivity index (χ0v) is 8.34. The molecule has 0 aliphatic carbocycles. The highest BCUT2D eigenvalue weighted by atomic mass is 16.6. The Kier molecular flexibility index (Phi) is 2.57. The number of hydrogen-bond donors (Lipinski definition) is 3. The molecule has 0 fully saturated rings. The lowest BCUT2D eigenvalue weighted by Crippen LogP contribution is -2.24. The Morgan fingerprint density at radius 2 is 2.06 bits per heavy atom. The molecule has 1 unspecified atom stereocenters. The molecule has 1 aliphatic heterocycles. The van der Waals surface area contributed by atoms with Gasteiger partial charge in [0.05, 0.1) is 0 Å². The van der Waals surface area contributed by atoms with Crippen LogP contribution in [0.5, 0.6) is 17.2 Å². The first-order valence-electron chi connectivity index (χ1n) is 4.70. The molecule has 1 aliphatic rings. The summed E-state index contributed by atoms with van der Waals surface area (Å²) in [6, 6.07) is 1.39. The average Bonchev–Trinajstić information content (AvgIpc) is 2.26. The number of phenolic OH excluding ortho intramolecular Hbond substituents is 1. The fourth-order valence-corrected chi connectivity index (χ4v) is 1.53. The van der Waals surface area contributed by atoms with Gasteiger partial charge in [-0.3, -0.25) is 4.79 Å². The molecule has 6 heteroatoms. The number of aliphatic carboxylic acids is 1. The number of carbonyl (C=O) groups is 1. The van der Waals surface area contributed by atoms with Crippen LogP contribution in [0.4, 0.5) is 0 Å². The maximum absolute atomic E-state index is 10.8. The fraction of sp³-hybridized carbons (Fsp3) is 0.300. The summed E-state index contributed by atoms with van der Waals surface area (Å²) >= 11 is 0. The van der Waals surface area contributed by atoms with E-state index >= 15 is 0 Å². The van der Waals surface area contributed by atoms with Crippen LogP contribution < -0.4 is 15.2 Å². The average molecular weight is 225 g/mol. The van der Waals surface area contributed by atoms with Crippen LogP contribution >= 0.6 is 0 Å². The summed E-state index contributed by atoms with van der Waals surface area (Å²) in [6.45, 7) is 0.690. The highest BCUT2D eigenvalue weighted by molar-refractivity contribution is 5.77. The third-order valence-corrected chi connectivity index (χ3v) is 2.26. The summed E-state index contributed by atoms with van der Waals surface area (Å²) in [7, 11) is 0. The Hall–Kier alpha value is -1.95. The second-order valence-electron chi connectivity index (χ2n) is 3.38. The van der Waals surface area contributed by atoms with Gasteiger partial charge in [0.1, 0.15) is 25.0 Å². The molecule has 1 atom stereocenters. The molecule has 0 saturated heterocycles. The minimum absolute atomic E-state index is 0.101. The Morgan fingerprint density at radius 3 is 2.75 bits per heavy atom. The molecular weight excluding hydrogens is 214 g/mol. The van der Waals surface area contributed by atoms with E-state index in [9.17, 15) is 9.90 Å². The highest BCUT2D eigenvalue weighted by Crippen LogP contribution is 2.39. The van der Waals surface area contributed by atoms with Crippen molar-refractivity contribution in [3.05, 3.63) is 17.7 Å². The van der Waals surface area contributed by atoms with Crippen LogP contribution in [0.15, 0.2) is 12.1 Å². The van der Waals surface area contributed by atoms with E-state index in [2.05, 4.69) is 0 Å². The molecule has 1 aromatic carbocycles. The molecule has 4 N–H and O–H groups in total. The van der Waals surface area contributed by atoms with Crippen molar-refractivity contribution in [2.24, 2.45) is 5.73 Å². The van der Waals surface area contributed by atoms with E-state index in [1.165, 1.54) is 12.1 Å². The number of aromatic hydroxyl groups is 1. The molecule has 0 bridgehead atoms. The van der Waals surface area contributed by atoms with Crippen LogP contribution in [0.3, 0.4) is 0 Å². The molecule has 0 amide bonds. The van der Waals surface area contributed by atoms with Crippen LogP contribution in [-0.4, -0.2) is 29.4 Å². The van der Waals surface area contributed by atoms with Crippen LogP contribution in [0.1, 0.15) is 11.6 Å². The molecule has 0 spiro atoms. The maximum atomic E-state index is 10.8. The summed E-state index contributed by atoms with van der Waals surface area (Å²) in [6.07, 6.45) is 0. The summed E-state index contributed by atoms with van der Waals surface area (Å²) in [4.78, 5) is 10.8. The van der Waals surface area contributed by atoms with E-state index in [1.807, 2.05) is 0 Å². The van der Waals surface area contributed by atoms with Gasteiger partial charge in [-0.1, -0.05) is 0 Å². The van der Waals surface area contributed by atoms with Gasteiger partial charge in [-0.05, 0) is 6.07 Å². The molecule has 0 saturated carbocycles. The number of rotatable bonds is 2. The number of nitrogens with two attached hydrogens (primary N) is 1. The summed E-state index contributed by atoms with van der Waals surface area (Å²) < 4.78 is 10.5. The molecule has 2 rings (SSSR count). The van der Waals surface area contributed by atoms with Crippen LogP contribution in [0.2, 0.25) is 0 Å². The Morgan fingerprint density at radius 1 is 1.38 bits per heavy atom. The van der Waals surface area contributed by atoms with E-state index in [1.54, 1.807) is 0 Å². The van der Waals surface area contributed by atoms with Gasteiger partial charge in [-0.15, -0.1) is 0 Å². The SMILES string of the molecule is NC(C(=O)O)c1cc(O)cc2c1OCCO2.